The summed E-state index contributed by atoms with van der Waals surface area (Å²) < 4.78 is 22.6. The predicted octanol–water partition coefficient (Wildman–Crippen LogP) is 1.34. The zero-order chi connectivity index (χ0) is 12.6. The molecule has 0 rings (SSSR count). The molecule has 0 saturated carbocycles. The van der Waals surface area contributed by atoms with E-state index in [1.807, 2.05) is 17.7 Å². The van der Waals surface area contributed by atoms with E-state index in [0.29, 0.717) is 0 Å². The Bertz CT molecular complexity index is 373. The van der Waals surface area contributed by atoms with Crippen LogP contribution in [0.3, 0.4) is 0 Å². The van der Waals surface area contributed by atoms with E-state index in [9.17, 15) is 13.2 Å². The van der Waals surface area contributed by atoms with Gasteiger partial charge in [-0.15, -0.1) is 0 Å². The van der Waals surface area contributed by atoms with E-state index < -0.39 is 22.7 Å². The van der Waals surface area contributed by atoms with Crippen LogP contribution in [0.2, 0.25) is 0 Å². The maximum Gasteiger partial charge on any atom is 0.240 e. The highest BCUT2D eigenvalue weighted by molar-refractivity contribution is 7.71. The maximum absolute atomic E-state index is 11.4. The molecular formula is C11H17NO3S. The van der Waals surface area contributed by atoms with Crippen molar-refractivity contribution in [1.82, 2.24) is 4.72 Å². The quantitative estimate of drug-likeness (QED) is 0.546. The van der Waals surface area contributed by atoms with E-state index in [1.54, 1.807) is 25.2 Å². The summed E-state index contributed by atoms with van der Waals surface area (Å²) in [7, 11) is -2.89. The second-order valence-corrected chi connectivity index (χ2v) is 3.90. The zero-order valence-electron chi connectivity index (χ0n) is 9.47. The lowest BCUT2D eigenvalue weighted by molar-refractivity contribution is -0.121. The monoisotopic (exact) mass is 243 g/mol. The van der Waals surface area contributed by atoms with Gasteiger partial charge in [-0.05, 0) is 18.9 Å². The van der Waals surface area contributed by atoms with Crippen molar-refractivity contribution in [1.29, 1.82) is 0 Å². The van der Waals surface area contributed by atoms with Gasteiger partial charge in [0.15, 0.2) is 0 Å². The van der Waals surface area contributed by atoms with Gasteiger partial charge in [-0.25, -0.2) is 8.42 Å². The number of hydrogen-bond donors (Lipinski definition) is 2. The largest absolute Gasteiger partial charge is 0.273 e. The van der Waals surface area contributed by atoms with Crippen LogP contribution in [-0.4, -0.2) is 14.3 Å². The molecule has 0 spiro atoms. The third-order valence-corrected chi connectivity index (χ3v) is 2.36. The second kappa shape index (κ2) is 7.87. The van der Waals surface area contributed by atoms with Crippen LogP contribution in [0.25, 0.3) is 0 Å². The highest BCUT2D eigenvalue weighted by Crippen LogP contribution is 2.13. The third-order valence-electron chi connectivity index (χ3n) is 1.96. The predicted molar refractivity (Wildman–Crippen MR) is 65.3 cm³/mol. The molecule has 0 aromatic heterocycles. The average Bonchev–Trinajstić information content (AvgIpc) is 2.22. The smallest absolute Gasteiger partial charge is 0.240 e. The van der Waals surface area contributed by atoms with Gasteiger partial charge >= 0.3 is 0 Å². The van der Waals surface area contributed by atoms with E-state index >= 15 is 0 Å². The number of nitrogens with one attached hydrogen (secondary N) is 1. The van der Waals surface area contributed by atoms with Crippen molar-refractivity contribution in [3.8, 4) is 0 Å². The molecule has 1 amide bonds. The number of amides is 1. The van der Waals surface area contributed by atoms with Crippen molar-refractivity contribution < 1.29 is 13.2 Å². The van der Waals surface area contributed by atoms with Crippen LogP contribution in [0.4, 0.5) is 0 Å². The van der Waals surface area contributed by atoms with Crippen LogP contribution in [-0.2, 0) is 15.7 Å². The fourth-order valence-electron chi connectivity index (χ4n) is 1.14. The molecule has 90 valence electrons. The van der Waals surface area contributed by atoms with Crippen LogP contribution in [0, 0.1) is 5.92 Å². The lowest BCUT2D eigenvalue weighted by Gasteiger charge is -2.10. The number of hydrogen-bond acceptors (Lipinski definition) is 3. The number of rotatable bonds is 6. The number of thiol groups is 1. The van der Waals surface area contributed by atoms with Crippen molar-refractivity contribution in [2.24, 2.45) is 5.92 Å². The number of carbonyl (C=O) groups is 1. The Morgan fingerprint density at radius 3 is 2.56 bits per heavy atom. The summed E-state index contributed by atoms with van der Waals surface area (Å²) in [4.78, 5) is 11.4. The third kappa shape index (κ3) is 5.50. The summed E-state index contributed by atoms with van der Waals surface area (Å²) in [5.41, 5.74) is 0.775. The van der Waals surface area contributed by atoms with E-state index in [-0.39, 0.29) is 0 Å². The van der Waals surface area contributed by atoms with Gasteiger partial charge in [0, 0.05) is 0 Å². The Balaban J connectivity index is 4.80. The Morgan fingerprint density at radius 1 is 1.50 bits per heavy atom. The zero-order valence-corrected chi connectivity index (χ0v) is 10.4. The van der Waals surface area contributed by atoms with Crippen molar-refractivity contribution in [2.75, 3.05) is 0 Å². The van der Waals surface area contributed by atoms with Crippen LogP contribution in [0.1, 0.15) is 20.3 Å². The molecule has 1 atom stereocenters. The molecule has 0 saturated heterocycles. The molecule has 16 heavy (non-hydrogen) atoms. The van der Waals surface area contributed by atoms with Crippen molar-refractivity contribution in [3.63, 3.8) is 0 Å². The first-order chi connectivity index (χ1) is 7.52. The van der Waals surface area contributed by atoms with E-state index in [2.05, 4.69) is 6.58 Å². The lowest BCUT2D eigenvalue weighted by Crippen LogP contribution is -2.28. The minimum absolute atomic E-state index is 0.496. The first kappa shape index (κ1) is 14.6. The normalized spacial score (nSPS) is 14.1. The van der Waals surface area contributed by atoms with Gasteiger partial charge in [-0.1, -0.05) is 37.8 Å². The van der Waals surface area contributed by atoms with Gasteiger partial charge < -0.3 is 0 Å². The minimum atomic E-state index is -2.89. The summed E-state index contributed by atoms with van der Waals surface area (Å²) in [6, 6.07) is 0. The van der Waals surface area contributed by atoms with E-state index in [1.165, 1.54) is 0 Å². The highest BCUT2D eigenvalue weighted by Gasteiger charge is 2.15. The van der Waals surface area contributed by atoms with Crippen LogP contribution >= 0.6 is 0 Å². The van der Waals surface area contributed by atoms with Gasteiger partial charge in [0.1, 0.15) is 0 Å². The molecule has 0 aliphatic heterocycles. The molecule has 0 aromatic rings. The molecule has 0 aliphatic rings. The fraction of sp³-hybridized carbons (Fsp3) is 0.364. The summed E-state index contributed by atoms with van der Waals surface area (Å²) in [5.74, 6) is -1.02. The van der Waals surface area contributed by atoms with Crippen molar-refractivity contribution >= 4 is 16.8 Å². The molecule has 0 fully saturated rings. The topological polar surface area (TPSA) is 63.2 Å². The van der Waals surface area contributed by atoms with Gasteiger partial charge in [-0.3, -0.25) is 9.52 Å². The van der Waals surface area contributed by atoms with Gasteiger partial charge in [0.05, 0.1) is 5.92 Å². The van der Waals surface area contributed by atoms with E-state index in [4.69, 9.17) is 0 Å². The Kier molecular flexibility index (Phi) is 7.20. The fourth-order valence-corrected chi connectivity index (χ4v) is 1.52. The first-order valence-electron chi connectivity index (χ1n) is 4.97. The minimum Gasteiger partial charge on any atom is -0.273 e. The standard InChI is InChI=1S/C11H17NO3S/c1-4-6-8-10(7-5-2)9(3)11(13)12-16(14)15/h4,6-9,16H,1,5H2,2-3H3,(H,12,13,14,15)/b8-6-,10-7+. The maximum atomic E-state index is 11.4. The summed E-state index contributed by atoms with van der Waals surface area (Å²) in [6.45, 7) is 7.13. The van der Waals surface area contributed by atoms with Gasteiger partial charge in [0.2, 0.25) is 16.8 Å². The molecule has 0 bridgehead atoms. The molecule has 0 radical (unpaired) electrons. The molecule has 0 aliphatic carbocycles. The molecule has 1 N–H and O–H groups in total. The summed E-state index contributed by atoms with van der Waals surface area (Å²) >= 11 is 0. The molecular weight excluding hydrogens is 226 g/mol. The molecule has 0 aromatic carbocycles. The highest BCUT2D eigenvalue weighted by atomic mass is 32.2. The Labute approximate surface area is 97.8 Å². The Morgan fingerprint density at radius 2 is 2.12 bits per heavy atom. The molecule has 4 nitrogen and oxygen atoms in total. The van der Waals surface area contributed by atoms with Gasteiger partial charge in [0.25, 0.3) is 0 Å². The molecule has 0 heterocycles. The van der Waals surface area contributed by atoms with Crippen molar-refractivity contribution in [3.05, 3.63) is 36.5 Å². The number of allylic oxidation sites excluding steroid dienone is 4. The molecule has 1 unspecified atom stereocenters. The van der Waals surface area contributed by atoms with Gasteiger partial charge in [-0.2, -0.15) is 0 Å². The molecule has 5 heteroatoms. The van der Waals surface area contributed by atoms with Crippen LogP contribution in [0.5, 0.6) is 0 Å². The first-order valence-corrected chi connectivity index (χ1v) is 6.14. The van der Waals surface area contributed by atoms with Crippen LogP contribution in [0.15, 0.2) is 36.5 Å². The SMILES string of the molecule is C=C/C=C\C(=C/CC)C(C)C(=O)N[SH](=O)=O. The van der Waals surface area contributed by atoms with E-state index in [0.717, 1.165) is 12.0 Å². The summed E-state index contributed by atoms with van der Waals surface area (Å²) in [5, 5.41) is 0. The van der Waals surface area contributed by atoms with Crippen molar-refractivity contribution in [2.45, 2.75) is 20.3 Å². The van der Waals surface area contributed by atoms with Crippen LogP contribution < -0.4 is 4.72 Å². The lowest BCUT2D eigenvalue weighted by atomic mass is 9.99. The average molecular weight is 243 g/mol. The summed E-state index contributed by atoms with van der Waals surface area (Å²) in [6.07, 6.45) is 7.71. The Hall–Kier alpha value is -1.36. The second-order valence-electron chi connectivity index (χ2n) is 3.16. The number of carbonyl (C=O) groups excluding carboxylic acids is 1.